The fraction of sp³-hybridized carbons (Fsp3) is 0.143. The van der Waals surface area contributed by atoms with E-state index in [0.717, 1.165) is 23.4 Å². The van der Waals surface area contributed by atoms with Crippen LogP contribution in [0.4, 0.5) is 5.69 Å². The number of amides is 1. The zero-order chi connectivity index (χ0) is 18.4. The molecule has 2 aromatic carbocycles. The van der Waals surface area contributed by atoms with Gasteiger partial charge in [-0.05, 0) is 59.7 Å². The maximum Gasteiger partial charge on any atom is 0.264 e. The van der Waals surface area contributed by atoms with Crippen LogP contribution in [-0.4, -0.2) is 17.7 Å². The number of amidine groups is 1. The number of rotatable bonds is 6. The molecule has 1 aliphatic heterocycles. The van der Waals surface area contributed by atoms with Crippen molar-refractivity contribution < 1.29 is 9.53 Å². The lowest BCUT2D eigenvalue weighted by atomic mass is 10.2. The first-order valence-corrected chi connectivity index (χ1v) is 9.22. The third-order valence-corrected chi connectivity index (χ3v) is 4.68. The monoisotopic (exact) mass is 364 g/mol. The largest absolute Gasteiger partial charge is 0.490 e. The van der Waals surface area contributed by atoms with E-state index in [1.54, 1.807) is 6.08 Å². The van der Waals surface area contributed by atoms with Gasteiger partial charge in [0.2, 0.25) is 0 Å². The van der Waals surface area contributed by atoms with Gasteiger partial charge in [0.25, 0.3) is 5.91 Å². The number of aliphatic imine (C=N–C) groups is 1. The number of nitrogens with one attached hydrogen (secondary N) is 1. The Hall–Kier alpha value is -2.79. The van der Waals surface area contributed by atoms with Gasteiger partial charge in [-0.2, -0.15) is 0 Å². The van der Waals surface area contributed by atoms with Crippen LogP contribution in [-0.2, 0) is 11.2 Å². The molecule has 0 aliphatic carbocycles. The van der Waals surface area contributed by atoms with Gasteiger partial charge >= 0.3 is 0 Å². The van der Waals surface area contributed by atoms with Crippen molar-refractivity contribution in [3.63, 3.8) is 0 Å². The van der Waals surface area contributed by atoms with Gasteiger partial charge in [-0.15, -0.1) is 0 Å². The fourth-order valence-corrected chi connectivity index (χ4v) is 3.21. The van der Waals surface area contributed by atoms with E-state index in [9.17, 15) is 4.79 Å². The van der Waals surface area contributed by atoms with Crippen molar-refractivity contribution in [2.75, 3.05) is 6.61 Å². The molecule has 1 amide bonds. The summed E-state index contributed by atoms with van der Waals surface area (Å²) in [5.41, 5.74) is 3.02. The summed E-state index contributed by atoms with van der Waals surface area (Å²) in [6.07, 6.45) is 4.54. The third-order valence-electron chi connectivity index (χ3n) is 3.77. The molecule has 1 saturated heterocycles. The first kappa shape index (κ1) is 18.0. The highest BCUT2D eigenvalue weighted by Gasteiger charge is 2.23. The number of carbonyl (C=O) groups is 1. The average Bonchev–Trinajstić information content (AvgIpc) is 3.00. The Morgan fingerprint density at radius 1 is 1.15 bits per heavy atom. The summed E-state index contributed by atoms with van der Waals surface area (Å²) in [5.74, 6) is 0.638. The Labute approximate surface area is 157 Å². The normalized spacial score (nSPS) is 16.7. The number of thioether (sulfide) groups is 1. The number of aryl methyl sites for hydroxylation is 1. The predicted octanol–water partition coefficient (Wildman–Crippen LogP) is 4.71. The average molecular weight is 364 g/mol. The van der Waals surface area contributed by atoms with Crippen LogP contribution in [0.2, 0.25) is 0 Å². The van der Waals surface area contributed by atoms with Crippen molar-refractivity contribution >= 4 is 34.6 Å². The van der Waals surface area contributed by atoms with E-state index < -0.39 is 0 Å². The van der Waals surface area contributed by atoms with Crippen LogP contribution in [0.5, 0.6) is 5.75 Å². The van der Waals surface area contributed by atoms with E-state index in [0.29, 0.717) is 16.7 Å². The fourth-order valence-electron chi connectivity index (χ4n) is 2.37. The number of hydrogen-bond donors (Lipinski definition) is 1. The van der Waals surface area contributed by atoms with Crippen molar-refractivity contribution in [1.82, 2.24) is 5.32 Å². The van der Waals surface area contributed by atoms with E-state index in [2.05, 4.69) is 23.8 Å². The molecule has 0 unspecified atom stereocenters. The van der Waals surface area contributed by atoms with Gasteiger partial charge in [0.05, 0.1) is 10.6 Å². The Kier molecular flexibility index (Phi) is 5.92. The second-order valence-corrected chi connectivity index (χ2v) is 6.70. The summed E-state index contributed by atoms with van der Waals surface area (Å²) in [5, 5.41) is 3.40. The van der Waals surface area contributed by atoms with Crippen LogP contribution in [0.1, 0.15) is 18.1 Å². The molecular formula is C21H20N2O2S. The molecule has 132 valence electrons. The number of ether oxygens (including phenoxy) is 1. The molecule has 0 saturated carbocycles. The summed E-state index contributed by atoms with van der Waals surface area (Å²) in [6.45, 7) is 6.21. The van der Waals surface area contributed by atoms with Gasteiger partial charge in [-0.1, -0.05) is 43.8 Å². The minimum absolute atomic E-state index is 0.133. The van der Waals surface area contributed by atoms with Crippen molar-refractivity contribution in [3.05, 3.63) is 77.2 Å². The zero-order valence-corrected chi connectivity index (χ0v) is 15.4. The second-order valence-electron chi connectivity index (χ2n) is 5.67. The molecule has 0 radical (unpaired) electrons. The molecule has 5 heteroatoms. The Balaban J connectivity index is 1.71. The van der Waals surface area contributed by atoms with Crippen LogP contribution < -0.4 is 10.1 Å². The van der Waals surface area contributed by atoms with Crippen LogP contribution in [0.25, 0.3) is 6.08 Å². The standard InChI is InChI=1S/C21H20N2O2S/c1-3-13-25-18-11-7-16(8-12-18)14-19-20(24)23-21(26-19)22-17-9-5-15(4-2)6-10-17/h3,5-12,14H,1,4,13H2,2H3,(H,22,23,24)/b19-14-. The lowest BCUT2D eigenvalue weighted by molar-refractivity contribution is -0.115. The van der Waals surface area contributed by atoms with Crippen molar-refractivity contribution in [2.45, 2.75) is 13.3 Å². The van der Waals surface area contributed by atoms with Crippen molar-refractivity contribution in [2.24, 2.45) is 4.99 Å². The zero-order valence-electron chi connectivity index (χ0n) is 14.6. The van der Waals surface area contributed by atoms with Crippen LogP contribution in [0.3, 0.4) is 0 Å². The number of carbonyl (C=O) groups excluding carboxylic acids is 1. The van der Waals surface area contributed by atoms with E-state index in [-0.39, 0.29) is 5.91 Å². The summed E-state index contributed by atoms with van der Waals surface area (Å²) < 4.78 is 5.46. The maximum atomic E-state index is 12.2. The first-order valence-electron chi connectivity index (χ1n) is 8.40. The van der Waals surface area contributed by atoms with Crippen molar-refractivity contribution in [1.29, 1.82) is 0 Å². The Morgan fingerprint density at radius 2 is 1.88 bits per heavy atom. The number of hydrogen-bond acceptors (Lipinski definition) is 4. The molecule has 0 spiro atoms. The molecular weight excluding hydrogens is 344 g/mol. The molecule has 1 heterocycles. The number of nitrogens with zero attached hydrogens (tertiary/aromatic N) is 1. The smallest absolute Gasteiger partial charge is 0.264 e. The maximum absolute atomic E-state index is 12.2. The minimum Gasteiger partial charge on any atom is -0.490 e. The summed E-state index contributed by atoms with van der Waals surface area (Å²) in [6, 6.07) is 15.6. The Morgan fingerprint density at radius 3 is 2.54 bits per heavy atom. The highest BCUT2D eigenvalue weighted by molar-refractivity contribution is 8.18. The molecule has 1 N–H and O–H groups in total. The van der Waals surface area contributed by atoms with Crippen LogP contribution in [0, 0.1) is 0 Å². The number of benzene rings is 2. The molecule has 26 heavy (non-hydrogen) atoms. The molecule has 1 fully saturated rings. The molecule has 0 aromatic heterocycles. The predicted molar refractivity (Wildman–Crippen MR) is 109 cm³/mol. The highest BCUT2D eigenvalue weighted by atomic mass is 32.2. The van der Waals surface area contributed by atoms with E-state index in [1.165, 1.54) is 17.3 Å². The van der Waals surface area contributed by atoms with Gasteiger partial charge in [0.1, 0.15) is 12.4 Å². The Bertz CT molecular complexity index is 853. The minimum atomic E-state index is -0.133. The molecule has 0 bridgehead atoms. The topological polar surface area (TPSA) is 50.7 Å². The lowest BCUT2D eigenvalue weighted by Crippen LogP contribution is -2.19. The van der Waals surface area contributed by atoms with Crippen LogP contribution in [0.15, 0.2) is 71.1 Å². The molecule has 3 rings (SSSR count). The van der Waals surface area contributed by atoms with E-state index in [1.807, 2.05) is 54.6 Å². The highest BCUT2D eigenvalue weighted by Crippen LogP contribution is 2.28. The third kappa shape index (κ3) is 4.64. The van der Waals surface area contributed by atoms with Gasteiger partial charge in [-0.3, -0.25) is 4.79 Å². The van der Waals surface area contributed by atoms with Crippen LogP contribution >= 0.6 is 11.8 Å². The molecule has 2 aromatic rings. The van der Waals surface area contributed by atoms with Gasteiger partial charge in [0, 0.05) is 0 Å². The molecule has 0 atom stereocenters. The molecule has 4 nitrogen and oxygen atoms in total. The van der Waals surface area contributed by atoms with Gasteiger partial charge in [-0.25, -0.2) is 4.99 Å². The summed E-state index contributed by atoms with van der Waals surface area (Å²) in [4.78, 5) is 17.3. The van der Waals surface area contributed by atoms with Gasteiger partial charge in [0.15, 0.2) is 5.17 Å². The summed E-state index contributed by atoms with van der Waals surface area (Å²) in [7, 11) is 0. The van der Waals surface area contributed by atoms with E-state index >= 15 is 0 Å². The molecule has 1 aliphatic rings. The summed E-state index contributed by atoms with van der Waals surface area (Å²) >= 11 is 1.34. The SMILES string of the molecule is C=CCOc1ccc(/C=C2\SC(=Nc3ccc(CC)cc3)NC2=O)cc1. The quantitative estimate of drug-likeness (QED) is 0.597. The lowest BCUT2D eigenvalue weighted by Gasteiger charge is -2.03. The van der Waals surface area contributed by atoms with Gasteiger partial charge < -0.3 is 10.1 Å². The van der Waals surface area contributed by atoms with Crippen molar-refractivity contribution in [3.8, 4) is 5.75 Å². The van der Waals surface area contributed by atoms with E-state index in [4.69, 9.17) is 4.74 Å². The first-order chi connectivity index (χ1) is 12.7. The second kappa shape index (κ2) is 8.54.